The third kappa shape index (κ3) is 6.65. The molecule has 5 N–H and O–H groups in total. The Bertz CT molecular complexity index is 1020. The minimum atomic E-state index is -4.81. The van der Waals surface area contributed by atoms with Gasteiger partial charge in [0.25, 0.3) is 20.2 Å². The maximum absolute atomic E-state index is 11.8. The predicted octanol–water partition coefficient (Wildman–Crippen LogP) is 1.27. The van der Waals surface area contributed by atoms with Gasteiger partial charge in [-0.15, -0.1) is 0 Å². The molecule has 1 atom stereocenters. The van der Waals surface area contributed by atoms with Crippen LogP contribution >= 0.6 is 0 Å². The number of rotatable bonds is 9. The Morgan fingerprint density at radius 2 is 1.67 bits per heavy atom. The summed E-state index contributed by atoms with van der Waals surface area (Å²) < 4.78 is 65.2. The van der Waals surface area contributed by atoms with E-state index in [1.807, 2.05) is 0 Å². The number of unbranched alkanes of at least 4 members (excludes halogenated alkanes) is 4. The normalized spacial score (nSPS) is 17.0. The molecule has 1 aliphatic heterocycles. The minimum absolute atomic E-state index is 0.0404. The number of benzene rings is 1. The van der Waals surface area contributed by atoms with Gasteiger partial charge < -0.3 is 10.6 Å². The van der Waals surface area contributed by atoms with Crippen LogP contribution in [0.25, 0.3) is 0 Å². The van der Waals surface area contributed by atoms with Crippen LogP contribution in [0.15, 0.2) is 38.0 Å². The maximum atomic E-state index is 11.8. The topological polar surface area (TPSA) is 170 Å². The van der Waals surface area contributed by atoms with Crippen molar-refractivity contribution in [3.63, 3.8) is 0 Å². The number of hydrogen-bond donors (Lipinski definition) is 5. The summed E-state index contributed by atoms with van der Waals surface area (Å²) >= 11 is 0. The van der Waals surface area contributed by atoms with Crippen LogP contribution in [0.2, 0.25) is 0 Å². The second-order valence-corrected chi connectivity index (χ2v) is 9.51. The zero-order chi connectivity index (χ0) is 22.4. The standard InChI is InChI=1S/C17H27N5O6S2/c1-3-4-5-6-7-10-19-17-21-15(20-16(18-2)22-17)13-9-8-12(29(23,24)25)11-14(13)30(26,27)28/h8-9,11,15H,3-7,10H2,1-2H3,(H,23,24,25)(H,26,27,28)(H3,18,19,20,21,22). The molecule has 0 saturated carbocycles. The molecule has 1 heterocycles. The van der Waals surface area contributed by atoms with E-state index in [0.29, 0.717) is 24.5 Å². The van der Waals surface area contributed by atoms with Crippen LogP contribution in [0, 0.1) is 0 Å². The van der Waals surface area contributed by atoms with Crippen molar-refractivity contribution in [2.45, 2.75) is 55.0 Å². The van der Waals surface area contributed by atoms with Gasteiger partial charge in [0.05, 0.1) is 4.90 Å². The summed E-state index contributed by atoms with van der Waals surface area (Å²) in [5, 5.41) is 8.87. The summed E-state index contributed by atoms with van der Waals surface area (Å²) in [6.45, 7) is 2.78. The Balaban J connectivity index is 2.32. The molecule has 1 aliphatic rings. The molecule has 0 radical (unpaired) electrons. The fourth-order valence-electron chi connectivity index (χ4n) is 2.85. The van der Waals surface area contributed by atoms with Crippen LogP contribution in [0.1, 0.15) is 50.8 Å². The number of nitrogens with one attached hydrogen (secondary N) is 3. The average Bonchev–Trinajstić information content (AvgIpc) is 2.68. The van der Waals surface area contributed by atoms with Crippen molar-refractivity contribution in [2.75, 3.05) is 13.6 Å². The monoisotopic (exact) mass is 461 g/mol. The van der Waals surface area contributed by atoms with Gasteiger partial charge in [-0.3, -0.25) is 14.4 Å². The van der Waals surface area contributed by atoms with Gasteiger partial charge in [-0.25, -0.2) is 9.98 Å². The van der Waals surface area contributed by atoms with Crippen LogP contribution in [-0.4, -0.2) is 51.5 Å². The highest BCUT2D eigenvalue weighted by molar-refractivity contribution is 7.86. The Kier molecular flexibility index (Phi) is 8.18. The highest BCUT2D eigenvalue weighted by Crippen LogP contribution is 2.29. The van der Waals surface area contributed by atoms with Crippen LogP contribution in [0.4, 0.5) is 0 Å². The summed E-state index contributed by atoms with van der Waals surface area (Å²) in [5.74, 6) is 0.665. The Labute approximate surface area is 176 Å². The molecule has 13 heteroatoms. The SMILES string of the molecule is CCCCCCCNC1=NC(c2ccc(S(=O)(=O)O)cc2S(=O)(=O)O)N=C(NC)N1. The smallest absolute Gasteiger partial charge is 0.294 e. The number of nitrogens with zero attached hydrogens (tertiary/aromatic N) is 2. The first kappa shape index (κ1) is 24.1. The molecule has 0 fully saturated rings. The minimum Gasteiger partial charge on any atom is -0.359 e. The van der Waals surface area contributed by atoms with Gasteiger partial charge >= 0.3 is 0 Å². The highest BCUT2D eigenvalue weighted by Gasteiger charge is 2.27. The van der Waals surface area contributed by atoms with Gasteiger partial charge in [-0.2, -0.15) is 16.8 Å². The quantitative estimate of drug-likeness (QED) is 0.268. The molecule has 0 aromatic heterocycles. The molecule has 168 valence electrons. The van der Waals surface area contributed by atoms with Crippen molar-refractivity contribution < 1.29 is 25.9 Å². The summed E-state index contributed by atoms with van der Waals surface area (Å²) in [6, 6.07) is 2.84. The summed E-state index contributed by atoms with van der Waals surface area (Å²) in [6.07, 6.45) is 4.39. The van der Waals surface area contributed by atoms with Crippen LogP contribution in [0.5, 0.6) is 0 Å². The van der Waals surface area contributed by atoms with Gasteiger partial charge in [0, 0.05) is 19.2 Å². The van der Waals surface area contributed by atoms with Crippen molar-refractivity contribution >= 4 is 32.2 Å². The van der Waals surface area contributed by atoms with E-state index in [2.05, 4.69) is 32.9 Å². The van der Waals surface area contributed by atoms with Gasteiger partial charge in [0.1, 0.15) is 4.90 Å². The van der Waals surface area contributed by atoms with E-state index in [4.69, 9.17) is 0 Å². The molecule has 0 bridgehead atoms. The molecule has 11 nitrogen and oxygen atoms in total. The lowest BCUT2D eigenvalue weighted by atomic mass is 10.1. The fraction of sp³-hybridized carbons (Fsp3) is 0.529. The maximum Gasteiger partial charge on any atom is 0.294 e. The van der Waals surface area contributed by atoms with E-state index >= 15 is 0 Å². The van der Waals surface area contributed by atoms with Gasteiger partial charge in [-0.05, 0) is 18.6 Å². The average molecular weight is 462 g/mol. The second-order valence-electron chi connectivity index (χ2n) is 6.69. The molecule has 2 rings (SSSR count). The highest BCUT2D eigenvalue weighted by atomic mass is 32.2. The molecular weight excluding hydrogens is 434 g/mol. The molecule has 0 spiro atoms. The lowest BCUT2D eigenvalue weighted by molar-refractivity contribution is 0.479. The number of aliphatic imine (C=N–C) groups is 2. The van der Waals surface area contributed by atoms with Crippen molar-refractivity contribution in [2.24, 2.45) is 9.98 Å². The number of hydrogen-bond acceptors (Lipinski definition) is 9. The van der Waals surface area contributed by atoms with Gasteiger partial charge in [0.2, 0.25) is 5.96 Å². The van der Waals surface area contributed by atoms with Crippen molar-refractivity contribution in [1.82, 2.24) is 16.0 Å². The zero-order valence-corrected chi connectivity index (χ0v) is 18.4. The van der Waals surface area contributed by atoms with E-state index in [9.17, 15) is 25.9 Å². The molecule has 1 unspecified atom stereocenters. The molecule has 0 saturated heterocycles. The first-order chi connectivity index (χ1) is 14.1. The largest absolute Gasteiger partial charge is 0.359 e. The van der Waals surface area contributed by atoms with E-state index in [1.165, 1.54) is 6.42 Å². The predicted molar refractivity (Wildman–Crippen MR) is 113 cm³/mol. The van der Waals surface area contributed by atoms with Crippen LogP contribution < -0.4 is 16.0 Å². The molecule has 1 aromatic rings. The third-order valence-corrected chi connectivity index (χ3v) is 6.15. The van der Waals surface area contributed by atoms with E-state index in [-0.39, 0.29) is 5.56 Å². The third-order valence-electron chi connectivity index (χ3n) is 4.39. The Hall–Kier alpha value is -2.22. The fourth-order valence-corrected chi connectivity index (χ4v) is 4.18. The molecule has 0 amide bonds. The Morgan fingerprint density at radius 1 is 1.00 bits per heavy atom. The van der Waals surface area contributed by atoms with Gasteiger partial charge in [-0.1, -0.05) is 38.7 Å². The molecular formula is C17H27N5O6S2. The molecule has 0 aliphatic carbocycles. The zero-order valence-electron chi connectivity index (χ0n) is 16.8. The van der Waals surface area contributed by atoms with E-state index in [0.717, 1.165) is 37.8 Å². The van der Waals surface area contributed by atoms with E-state index < -0.39 is 36.2 Å². The summed E-state index contributed by atoms with van der Waals surface area (Å²) in [5.41, 5.74) is -0.0404. The van der Waals surface area contributed by atoms with Gasteiger partial charge in [0.15, 0.2) is 12.1 Å². The van der Waals surface area contributed by atoms with Crippen molar-refractivity contribution in [1.29, 1.82) is 0 Å². The summed E-state index contributed by atoms with van der Waals surface area (Å²) in [4.78, 5) is 7.20. The second kappa shape index (κ2) is 10.2. The van der Waals surface area contributed by atoms with Crippen LogP contribution in [0.3, 0.4) is 0 Å². The Morgan fingerprint density at radius 3 is 2.27 bits per heavy atom. The lowest BCUT2D eigenvalue weighted by Crippen LogP contribution is -2.48. The van der Waals surface area contributed by atoms with Crippen molar-refractivity contribution in [3.8, 4) is 0 Å². The van der Waals surface area contributed by atoms with Crippen molar-refractivity contribution in [3.05, 3.63) is 23.8 Å². The first-order valence-corrected chi connectivity index (χ1v) is 12.4. The molecule has 30 heavy (non-hydrogen) atoms. The first-order valence-electron chi connectivity index (χ1n) is 9.49. The number of guanidine groups is 2. The summed E-state index contributed by atoms with van der Waals surface area (Å²) in [7, 11) is -7.86. The van der Waals surface area contributed by atoms with Crippen LogP contribution in [-0.2, 0) is 20.2 Å². The molecule has 1 aromatic carbocycles. The van der Waals surface area contributed by atoms with E-state index in [1.54, 1.807) is 7.05 Å². The lowest BCUT2D eigenvalue weighted by Gasteiger charge is -2.23.